The fraction of sp³-hybridized carbons (Fsp3) is 0.217. The van der Waals surface area contributed by atoms with Crippen LogP contribution in [0.4, 0.5) is 5.69 Å². The molecule has 0 aliphatic heterocycles. The Balaban J connectivity index is 1.97. The molecule has 0 heterocycles. The number of nitrogens with zero attached hydrogens (tertiary/aromatic N) is 1. The monoisotopic (exact) mass is 448 g/mol. The number of benzene rings is 2. The van der Waals surface area contributed by atoms with E-state index in [1.165, 1.54) is 5.48 Å². The predicted molar refractivity (Wildman–Crippen MR) is 121 cm³/mol. The number of carbonyl (C=O) groups is 3. The molecule has 0 spiro atoms. The van der Waals surface area contributed by atoms with Crippen LogP contribution in [0.25, 0.3) is 0 Å². The van der Waals surface area contributed by atoms with Crippen LogP contribution in [0.2, 0.25) is 0 Å². The normalized spacial score (nSPS) is 11.7. The fourth-order valence-electron chi connectivity index (χ4n) is 2.62. The van der Waals surface area contributed by atoms with Crippen molar-refractivity contribution >= 4 is 23.4 Å². The van der Waals surface area contributed by atoms with Gasteiger partial charge >= 0.3 is 0 Å². The van der Waals surface area contributed by atoms with E-state index in [1.807, 2.05) is 6.07 Å². The van der Waals surface area contributed by atoms with E-state index in [1.54, 1.807) is 48.5 Å². The summed E-state index contributed by atoms with van der Waals surface area (Å²) >= 11 is 0. The smallest absolute Gasteiger partial charge is 0.267 e. The van der Waals surface area contributed by atoms with Gasteiger partial charge in [0, 0.05) is 35.3 Å². The summed E-state index contributed by atoms with van der Waals surface area (Å²) in [7, 11) is 0. The Morgan fingerprint density at radius 2 is 1.55 bits per heavy atom. The molecular formula is C23H24N6O4. The minimum atomic E-state index is -1.05. The van der Waals surface area contributed by atoms with Crippen LogP contribution in [0.15, 0.2) is 48.5 Å². The summed E-state index contributed by atoms with van der Waals surface area (Å²) in [5, 5.41) is 22.3. The van der Waals surface area contributed by atoms with Crippen molar-refractivity contribution in [3.63, 3.8) is 0 Å². The van der Waals surface area contributed by atoms with E-state index in [2.05, 4.69) is 22.5 Å². The number of rotatable bonds is 8. The second-order valence-electron chi connectivity index (χ2n) is 6.94. The van der Waals surface area contributed by atoms with Crippen molar-refractivity contribution < 1.29 is 19.6 Å². The number of hydrogen-bond acceptors (Lipinski definition) is 7. The Labute approximate surface area is 190 Å². The number of carbonyl (C=O) groups excluding carboxylic acids is 3. The highest BCUT2D eigenvalue weighted by Crippen LogP contribution is 2.10. The molecule has 10 nitrogen and oxygen atoms in total. The number of amides is 3. The van der Waals surface area contributed by atoms with E-state index >= 15 is 0 Å². The molecule has 0 saturated heterocycles. The maximum Gasteiger partial charge on any atom is 0.267 e. The van der Waals surface area contributed by atoms with Gasteiger partial charge in [0.05, 0.1) is 12.1 Å². The Morgan fingerprint density at radius 3 is 2.06 bits per heavy atom. The van der Waals surface area contributed by atoms with Crippen LogP contribution in [0.3, 0.4) is 0 Å². The molecule has 33 heavy (non-hydrogen) atoms. The van der Waals surface area contributed by atoms with Crippen molar-refractivity contribution in [2.75, 3.05) is 11.9 Å². The van der Waals surface area contributed by atoms with Gasteiger partial charge in [0.15, 0.2) is 0 Å². The molecule has 2 atom stereocenters. The van der Waals surface area contributed by atoms with Crippen LogP contribution in [0.1, 0.15) is 34.3 Å². The number of nitriles is 1. The maximum atomic E-state index is 12.2. The summed E-state index contributed by atoms with van der Waals surface area (Å²) in [6.45, 7) is -0.168. The van der Waals surface area contributed by atoms with Gasteiger partial charge in [0.25, 0.3) is 11.8 Å². The van der Waals surface area contributed by atoms with Crippen molar-refractivity contribution in [2.45, 2.75) is 24.9 Å². The molecule has 170 valence electrons. The van der Waals surface area contributed by atoms with Gasteiger partial charge < -0.3 is 22.1 Å². The van der Waals surface area contributed by atoms with Gasteiger partial charge in [-0.2, -0.15) is 5.26 Å². The summed E-state index contributed by atoms with van der Waals surface area (Å²) in [5.41, 5.74) is 14.8. The SMILES string of the molecule is N#CCC[C@H](N)C(=O)Nc1ccc(C#Cc2ccc(C(=O)N[C@@H](CN)C(=O)NO)cc2)cc1. The lowest BCUT2D eigenvalue weighted by molar-refractivity contribution is -0.130. The van der Waals surface area contributed by atoms with Crippen molar-refractivity contribution in [1.82, 2.24) is 10.8 Å². The first kappa shape index (κ1) is 25.0. The molecule has 0 fully saturated rings. The second kappa shape index (κ2) is 12.6. The molecule has 0 radical (unpaired) electrons. The lowest BCUT2D eigenvalue weighted by Crippen LogP contribution is -2.50. The largest absolute Gasteiger partial charge is 0.339 e. The third-order valence-electron chi connectivity index (χ3n) is 4.52. The molecule has 2 rings (SSSR count). The lowest BCUT2D eigenvalue weighted by atomic mass is 10.1. The van der Waals surface area contributed by atoms with Gasteiger partial charge in [0.2, 0.25) is 5.91 Å². The minimum Gasteiger partial charge on any atom is -0.339 e. The van der Waals surface area contributed by atoms with Gasteiger partial charge in [-0.25, -0.2) is 5.48 Å². The van der Waals surface area contributed by atoms with Crippen LogP contribution in [-0.4, -0.2) is 41.6 Å². The molecule has 10 heteroatoms. The van der Waals surface area contributed by atoms with Crippen LogP contribution < -0.4 is 27.6 Å². The first-order valence-electron chi connectivity index (χ1n) is 9.98. The summed E-state index contributed by atoms with van der Waals surface area (Å²) in [6, 6.07) is 13.4. The van der Waals surface area contributed by atoms with E-state index < -0.39 is 23.9 Å². The van der Waals surface area contributed by atoms with Crippen molar-refractivity contribution in [2.24, 2.45) is 11.5 Å². The Morgan fingerprint density at radius 1 is 0.970 bits per heavy atom. The number of hydroxylamine groups is 1. The average Bonchev–Trinajstić information content (AvgIpc) is 2.84. The molecule has 0 bridgehead atoms. The second-order valence-corrected chi connectivity index (χ2v) is 6.94. The van der Waals surface area contributed by atoms with Crippen LogP contribution in [0, 0.1) is 23.2 Å². The first-order chi connectivity index (χ1) is 15.9. The van der Waals surface area contributed by atoms with Crippen LogP contribution >= 0.6 is 0 Å². The van der Waals surface area contributed by atoms with Crippen LogP contribution in [-0.2, 0) is 9.59 Å². The van der Waals surface area contributed by atoms with Gasteiger partial charge in [-0.05, 0) is 55.0 Å². The molecule has 0 aromatic heterocycles. The third-order valence-corrected chi connectivity index (χ3v) is 4.52. The summed E-state index contributed by atoms with van der Waals surface area (Å²) in [4.78, 5) is 35.6. The number of hydrogen-bond donors (Lipinski definition) is 6. The third kappa shape index (κ3) is 7.76. The quantitative estimate of drug-likeness (QED) is 0.189. The van der Waals surface area contributed by atoms with E-state index in [-0.39, 0.29) is 25.3 Å². The highest BCUT2D eigenvalue weighted by molar-refractivity contribution is 5.97. The Hall–Kier alpha value is -4.22. The van der Waals surface area contributed by atoms with Crippen LogP contribution in [0.5, 0.6) is 0 Å². The topological polar surface area (TPSA) is 183 Å². The molecule has 0 aliphatic carbocycles. The molecule has 2 aromatic carbocycles. The van der Waals surface area contributed by atoms with Crippen molar-refractivity contribution in [3.05, 3.63) is 65.2 Å². The molecule has 3 amide bonds. The molecule has 0 saturated carbocycles. The number of nitrogens with one attached hydrogen (secondary N) is 3. The molecule has 8 N–H and O–H groups in total. The van der Waals surface area contributed by atoms with E-state index in [4.69, 9.17) is 21.9 Å². The van der Waals surface area contributed by atoms with Crippen molar-refractivity contribution in [1.29, 1.82) is 5.26 Å². The highest BCUT2D eigenvalue weighted by Gasteiger charge is 2.19. The highest BCUT2D eigenvalue weighted by atomic mass is 16.5. The Bertz CT molecular complexity index is 1080. The summed E-state index contributed by atoms with van der Waals surface area (Å²) < 4.78 is 0. The predicted octanol–water partition coefficient (Wildman–Crippen LogP) is 0.218. The first-order valence-corrected chi connectivity index (χ1v) is 9.98. The zero-order chi connectivity index (χ0) is 24.2. The van der Waals surface area contributed by atoms with E-state index in [9.17, 15) is 14.4 Å². The molecular weight excluding hydrogens is 424 g/mol. The number of nitrogens with two attached hydrogens (primary N) is 2. The number of anilines is 1. The average molecular weight is 448 g/mol. The maximum absolute atomic E-state index is 12.2. The zero-order valence-corrected chi connectivity index (χ0v) is 17.7. The lowest BCUT2D eigenvalue weighted by Gasteiger charge is -2.14. The van der Waals surface area contributed by atoms with E-state index in [0.717, 1.165) is 0 Å². The summed E-state index contributed by atoms with van der Waals surface area (Å²) in [5.74, 6) is 4.28. The van der Waals surface area contributed by atoms with Gasteiger partial charge in [-0.3, -0.25) is 19.6 Å². The summed E-state index contributed by atoms with van der Waals surface area (Å²) in [6.07, 6.45) is 0.502. The molecule has 0 unspecified atom stereocenters. The van der Waals surface area contributed by atoms with E-state index in [0.29, 0.717) is 22.4 Å². The molecule has 2 aromatic rings. The molecule has 0 aliphatic rings. The zero-order valence-electron chi connectivity index (χ0n) is 17.7. The standard InChI is InChI=1S/C23H24N6O4/c24-13-1-2-19(26)22(31)27-18-11-7-16(8-12-18)4-3-15-5-9-17(10-6-15)21(30)28-20(14-25)23(32)29-33/h5-12,19-20,33H,1-2,14,25-26H2,(H,27,31)(H,28,30)(H,29,32)/t19-,20-/m0/s1. The van der Waals surface area contributed by atoms with Gasteiger partial charge in [-0.15, -0.1) is 0 Å². The van der Waals surface area contributed by atoms with Gasteiger partial charge in [-0.1, -0.05) is 11.8 Å². The van der Waals surface area contributed by atoms with Gasteiger partial charge in [0.1, 0.15) is 6.04 Å². The Kier molecular flexibility index (Phi) is 9.55. The minimum absolute atomic E-state index is 0.168. The van der Waals surface area contributed by atoms with Crippen molar-refractivity contribution in [3.8, 4) is 17.9 Å². The fourth-order valence-corrected chi connectivity index (χ4v) is 2.62.